The van der Waals surface area contributed by atoms with Crippen LogP contribution in [0.5, 0.6) is 0 Å². The van der Waals surface area contributed by atoms with Crippen molar-refractivity contribution in [2.75, 3.05) is 0 Å². The fraction of sp³-hybridized carbons (Fsp3) is 0.0769. The Morgan fingerprint density at radius 1 is 1.27 bits per heavy atom. The Morgan fingerprint density at radius 2 is 2.09 bits per heavy atom. The third kappa shape index (κ3) is 2.81. The van der Waals surface area contributed by atoms with Gasteiger partial charge in [-0.2, -0.15) is 0 Å². The first-order valence-corrected chi connectivity index (χ1v) is 6.87. The Balaban J connectivity index is 1.86. The first-order chi connectivity index (χ1) is 10.5. The Morgan fingerprint density at radius 3 is 2.82 bits per heavy atom. The molecular weight excluding hydrogens is 331 g/mol. The van der Waals surface area contributed by atoms with Crippen LogP contribution in [-0.2, 0) is 6.54 Å². The number of benzene rings is 1. The van der Waals surface area contributed by atoms with Gasteiger partial charge in [0.1, 0.15) is 24.6 Å². The van der Waals surface area contributed by atoms with Crippen LogP contribution in [0.3, 0.4) is 0 Å². The summed E-state index contributed by atoms with van der Waals surface area (Å²) in [5.74, 6) is 0.203. The van der Waals surface area contributed by atoms with Gasteiger partial charge in [0.2, 0.25) is 0 Å². The number of imidazole rings is 1. The van der Waals surface area contributed by atoms with E-state index in [-0.39, 0.29) is 12.5 Å². The molecule has 0 aliphatic carbocycles. The highest BCUT2D eigenvalue weighted by atomic mass is 35.5. The minimum atomic E-state index is -0.559. The lowest BCUT2D eigenvalue weighted by molar-refractivity contribution is -0.396. The maximum Gasteiger partial charge on any atom is 0.434 e. The Labute approximate surface area is 134 Å². The molecule has 22 heavy (non-hydrogen) atoms. The lowest BCUT2D eigenvalue weighted by Crippen LogP contribution is -2.03. The van der Waals surface area contributed by atoms with Crippen molar-refractivity contribution in [1.29, 1.82) is 0 Å². The largest absolute Gasteiger partial charge is 0.434 e. The van der Waals surface area contributed by atoms with E-state index in [0.717, 1.165) is 5.56 Å². The first kappa shape index (κ1) is 14.6. The summed E-state index contributed by atoms with van der Waals surface area (Å²) in [7, 11) is 0. The second-order valence-electron chi connectivity index (χ2n) is 4.42. The highest BCUT2D eigenvalue weighted by Gasteiger charge is 2.17. The highest BCUT2D eigenvalue weighted by Crippen LogP contribution is 2.28. The van der Waals surface area contributed by atoms with Gasteiger partial charge in [-0.05, 0) is 17.1 Å². The molecule has 0 amide bonds. The fourth-order valence-electron chi connectivity index (χ4n) is 1.94. The van der Waals surface area contributed by atoms with Crippen LogP contribution < -0.4 is 0 Å². The fourth-order valence-corrected chi connectivity index (χ4v) is 2.24. The number of nitrogens with zero attached hydrogens (tertiary/aromatic N) is 4. The van der Waals surface area contributed by atoms with E-state index in [0.29, 0.717) is 21.5 Å². The molecule has 0 spiro atoms. The van der Waals surface area contributed by atoms with Crippen LogP contribution in [0, 0.1) is 10.1 Å². The quantitative estimate of drug-likeness (QED) is 0.533. The van der Waals surface area contributed by atoms with E-state index in [2.05, 4.69) is 10.1 Å². The van der Waals surface area contributed by atoms with E-state index in [1.54, 1.807) is 24.3 Å². The summed E-state index contributed by atoms with van der Waals surface area (Å²) in [5.41, 5.74) is 1.31. The summed E-state index contributed by atoms with van der Waals surface area (Å²) in [6.45, 7) is 0.157. The van der Waals surface area contributed by atoms with Gasteiger partial charge in [0.15, 0.2) is 5.76 Å². The molecule has 0 unspecified atom stereocenters. The average molecular weight is 339 g/mol. The molecule has 0 N–H and O–H groups in total. The number of aromatic nitrogens is 3. The molecule has 0 radical (unpaired) electrons. The van der Waals surface area contributed by atoms with Gasteiger partial charge in [0, 0.05) is 11.6 Å². The molecule has 0 aliphatic heterocycles. The van der Waals surface area contributed by atoms with Crippen LogP contribution in [0.4, 0.5) is 5.95 Å². The first-order valence-electron chi connectivity index (χ1n) is 6.11. The van der Waals surface area contributed by atoms with Gasteiger partial charge in [0.25, 0.3) is 0 Å². The van der Waals surface area contributed by atoms with Gasteiger partial charge in [-0.15, -0.1) is 0 Å². The second-order valence-corrected chi connectivity index (χ2v) is 5.23. The zero-order valence-electron chi connectivity index (χ0n) is 10.9. The summed E-state index contributed by atoms with van der Waals surface area (Å²) >= 11 is 11.8. The Hall–Kier alpha value is -2.38. The number of hydrogen-bond donors (Lipinski definition) is 0. The van der Waals surface area contributed by atoms with Crippen molar-refractivity contribution in [3.05, 3.63) is 62.6 Å². The molecule has 3 rings (SSSR count). The van der Waals surface area contributed by atoms with Gasteiger partial charge in [-0.3, -0.25) is 0 Å². The second kappa shape index (κ2) is 5.78. The zero-order chi connectivity index (χ0) is 15.7. The highest BCUT2D eigenvalue weighted by molar-refractivity contribution is 6.42. The van der Waals surface area contributed by atoms with Crippen molar-refractivity contribution in [3.8, 4) is 11.3 Å². The van der Waals surface area contributed by atoms with Gasteiger partial charge >= 0.3 is 5.95 Å². The molecule has 0 saturated heterocycles. The molecule has 7 nitrogen and oxygen atoms in total. The summed E-state index contributed by atoms with van der Waals surface area (Å²) in [6, 6.07) is 6.78. The third-order valence-electron chi connectivity index (χ3n) is 2.96. The summed E-state index contributed by atoms with van der Waals surface area (Å²) in [5, 5.41) is 15.6. The molecule has 9 heteroatoms. The maximum atomic E-state index is 10.8. The SMILES string of the molecule is O=[N+]([O-])c1nccn1Cc1cc(-c2ccc(Cl)c(Cl)c2)no1. The maximum absolute atomic E-state index is 10.8. The predicted molar refractivity (Wildman–Crippen MR) is 79.9 cm³/mol. The van der Waals surface area contributed by atoms with E-state index >= 15 is 0 Å². The standard InChI is InChI=1S/C13H8Cl2N4O3/c14-10-2-1-8(5-11(10)15)12-6-9(22-17-12)7-18-4-3-16-13(18)19(20)21/h1-6H,7H2. The molecule has 0 aliphatic rings. The van der Waals surface area contributed by atoms with Crippen molar-refractivity contribution in [2.24, 2.45) is 0 Å². The van der Waals surface area contributed by atoms with Gasteiger partial charge in [-0.25, -0.2) is 4.57 Å². The molecule has 2 heterocycles. The number of halogens is 2. The lowest BCUT2D eigenvalue weighted by Gasteiger charge is -1.98. The minimum absolute atomic E-state index is 0.157. The van der Waals surface area contributed by atoms with Gasteiger partial charge in [-0.1, -0.05) is 39.4 Å². The van der Waals surface area contributed by atoms with Crippen LogP contribution in [0.25, 0.3) is 11.3 Å². The molecule has 3 aromatic rings. The number of nitro groups is 1. The van der Waals surface area contributed by atoms with Crippen molar-refractivity contribution < 1.29 is 9.45 Å². The zero-order valence-corrected chi connectivity index (χ0v) is 12.5. The number of hydrogen-bond acceptors (Lipinski definition) is 5. The molecule has 2 aromatic heterocycles. The summed E-state index contributed by atoms with van der Waals surface area (Å²) in [6.07, 6.45) is 2.86. The van der Waals surface area contributed by atoms with E-state index < -0.39 is 4.92 Å². The molecular formula is C13H8Cl2N4O3. The normalized spacial score (nSPS) is 10.8. The van der Waals surface area contributed by atoms with E-state index in [1.165, 1.54) is 17.0 Å². The average Bonchev–Trinajstić information content (AvgIpc) is 3.11. The lowest BCUT2D eigenvalue weighted by atomic mass is 10.1. The molecule has 0 bridgehead atoms. The Bertz CT molecular complexity index is 843. The van der Waals surface area contributed by atoms with Crippen molar-refractivity contribution >= 4 is 29.2 Å². The molecule has 0 fully saturated rings. The van der Waals surface area contributed by atoms with Crippen LogP contribution in [0.1, 0.15) is 5.76 Å². The van der Waals surface area contributed by atoms with Crippen LogP contribution in [0.2, 0.25) is 10.0 Å². The minimum Gasteiger partial charge on any atom is -0.390 e. The number of rotatable bonds is 4. The molecule has 1 aromatic carbocycles. The molecule has 0 saturated carbocycles. The third-order valence-corrected chi connectivity index (χ3v) is 3.70. The van der Waals surface area contributed by atoms with E-state index in [1.807, 2.05) is 0 Å². The summed E-state index contributed by atoms with van der Waals surface area (Å²) in [4.78, 5) is 13.9. The van der Waals surface area contributed by atoms with Gasteiger partial charge < -0.3 is 14.6 Å². The Kier molecular flexibility index (Phi) is 3.82. The van der Waals surface area contributed by atoms with Crippen molar-refractivity contribution in [1.82, 2.24) is 14.7 Å². The molecule has 0 atom stereocenters. The predicted octanol–water partition coefficient (Wildman–Crippen LogP) is 3.80. The smallest absolute Gasteiger partial charge is 0.390 e. The van der Waals surface area contributed by atoms with Crippen LogP contribution >= 0.6 is 23.2 Å². The topological polar surface area (TPSA) is 87.0 Å². The van der Waals surface area contributed by atoms with Crippen molar-refractivity contribution in [3.63, 3.8) is 0 Å². The van der Waals surface area contributed by atoms with Crippen LogP contribution in [0.15, 0.2) is 41.2 Å². The molecule has 112 valence electrons. The van der Waals surface area contributed by atoms with Crippen molar-refractivity contribution in [2.45, 2.75) is 6.54 Å². The van der Waals surface area contributed by atoms with E-state index in [4.69, 9.17) is 27.7 Å². The van der Waals surface area contributed by atoms with E-state index in [9.17, 15) is 10.1 Å². The van der Waals surface area contributed by atoms with Crippen LogP contribution in [-0.4, -0.2) is 19.6 Å². The monoisotopic (exact) mass is 338 g/mol. The van der Waals surface area contributed by atoms with Gasteiger partial charge in [0.05, 0.1) is 10.0 Å². The summed E-state index contributed by atoms with van der Waals surface area (Å²) < 4.78 is 6.56.